The molecule has 0 fully saturated rings. The number of hydrogen-bond acceptors (Lipinski definition) is 4. The van der Waals surface area contributed by atoms with Gasteiger partial charge in [-0.1, -0.05) is 60.7 Å². The average molecular weight is 351 g/mol. The summed E-state index contributed by atoms with van der Waals surface area (Å²) in [5.74, 6) is -0.736. The second-order valence-electron chi connectivity index (χ2n) is 5.36. The maximum Gasteiger partial charge on any atom is 0.325 e. The molecule has 0 bridgehead atoms. The topological polar surface area (TPSA) is 55.4 Å². The van der Waals surface area contributed by atoms with Crippen molar-refractivity contribution in [2.45, 2.75) is 6.61 Å². The molecule has 0 unspecified atom stereocenters. The fourth-order valence-corrected chi connectivity index (χ4v) is 3.18. The van der Waals surface area contributed by atoms with Crippen molar-refractivity contribution in [1.82, 2.24) is 5.32 Å². The summed E-state index contributed by atoms with van der Waals surface area (Å²) in [5.41, 5.74) is 2.74. The molecule has 5 heteroatoms. The molecule has 2 aromatic carbocycles. The summed E-state index contributed by atoms with van der Waals surface area (Å²) in [6, 6.07) is 21.0. The minimum Gasteiger partial charge on any atom is -0.460 e. The highest BCUT2D eigenvalue weighted by atomic mass is 32.1. The van der Waals surface area contributed by atoms with Gasteiger partial charge in [-0.2, -0.15) is 0 Å². The summed E-state index contributed by atoms with van der Waals surface area (Å²) < 4.78 is 5.16. The van der Waals surface area contributed by atoms with Crippen LogP contribution in [0.4, 0.5) is 0 Å². The van der Waals surface area contributed by atoms with E-state index in [-0.39, 0.29) is 19.1 Å². The lowest BCUT2D eigenvalue weighted by Gasteiger charge is -2.07. The van der Waals surface area contributed by atoms with Crippen molar-refractivity contribution in [3.8, 4) is 11.1 Å². The maximum atomic E-state index is 12.4. The fourth-order valence-electron chi connectivity index (χ4n) is 2.35. The number of nitrogens with one attached hydrogen (secondary N) is 1. The van der Waals surface area contributed by atoms with Crippen LogP contribution >= 0.6 is 11.3 Å². The van der Waals surface area contributed by atoms with Crippen LogP contribution in [0.3, 0.4) is 0 Å². The summed E-state index contributed by atoms with van der Waals surface area (Å²) >= 11 is 1.35. The lowest BCUT2D eigenvalue weighted by atomic mass is 10.1. The number of benzene rings is 2. The zero-order valence-corrected chi connectivity index (χ0v) is 14.3. The first-order chi connectivity index (χ1) is 12.2. The number of thiophene rings is 1. The molecular weight excluding hydrogens is 334 g/mol. The van der Waals surface area contributed by atoms with Crippen molar-refractivity contribution in [1.29, 1.82) is 0 Å². The quantitative estimate of drug-likeness (QED) is 0.686. The second kappa shape index (κ2) is 8.26. The highest BCUT2D eigenvalue weighted by Gasteiger charge is 2.15. The third-order valence-electron chi connectivity index (χ3n) is 3.59. The predicted molar refractivity (Wildman–Crippen MR) is 98.3 cm³/mol. The van der Waals surface area contributed by atoms with Gasteiger partial charge in [-0.25, -0.2) is 0 Å². The Hall–Kier alpha value is -2.92. The van der Waals surface area contributed by atoms with E-state index in [0.717, 1.165) is 16.7 Å². The SMILES string of the molecule is O=C(CNC(=O)c1sccc1-c1ccccc1)OCc1ccccc1. The Balaban J connectivity index is 1.55. The van der Waals surface area contributed by atoms with Crippen LogP contribution in [0.5, 0.6) is 0 Å². The van der Waals surface area contributed by atoms with E-state index in [9.17, 15) is 9.59 Å². The van der Waals surface area contributed by atoms with Crippen LogP contribution in [0.15, 0.2) is 72.1 Å². The van der Waals surface area contributed by atoms with E-state index in [2.05, 4.69) is 5.32 Å². The van der Waals surface area contributed by atoms with Crippen molar-refractivity contribution in [3.63, 3.8) is 0 Å². The van der Waals surface area contributed by atoms with Gasteiger partial charge in [0.25, 0.3) is 5.91 Å². The van der Waals surface area contributed by atoms with Crippen molar-refractivity contribution in [3.05, 3.63) is 82.6 Å². The molecule has 3 rings (SSSR count). The van der Waals surface area contributed by atoms with Gasteiger partial charge in [0, 0.05) is 5.56 Å². The maximum absolute atomic E-state index is 12.4. The predicted octanol–water partition coefficient (Wildman–Crippen LogP) is 3.89. The van der Waals surface area contributed by atoms with Crippen LogP contribution in [0, 0.1) is 0 Å². The molecule has 0 aliphatic heterocycles. The van der Waals surface area contributed by atoms with Crippen LogP contribution in [0.1, 0.15) is 15.2 Å². The summed E-state index contributed by atoms with van der Waals surface area (Å²) in [5, 5.41) is 4.49. The number of amides is 1. The van der Waals surface area contributed by atoms with E-state index in [1.54, 1.807) is 0 Å². The second-order valence-corrected chi connectivity index (χ2v) is 6.27. The molecule has 25 heavy (non-hydrogen) atoms. The van der Waals surface area contributed by atoms with Gasteiger partial charge in [0.15, 0.2) is 0 Å². The molecule has 1 amide bonds. The van der Waals surface area contributed by atoms with Crippen LogP contribution in [-0.2, 0) is 16.1 Å². The average Bonchev–Trinajstić information content (AvgIpc) is 3.16. The Kier molecular flexibility index (Phi) is 5.59. The molecule has 0 saturated carbocycles. The van der Waals surface area contributed by atoms with Gasteiger partial charge in [0.2, 0.25) is 0 Å². The largest absolute Gasteiger partial charge is 0.460 e. The van der Waals surface area contributed by atoms with Gasteiger partial charge in [0.05, 0.1) is 4.88 Å². The van der Waals surface area contributed by atoms with Gasteiger partial charge in [-0.3, -0.25) is 9.59 Å². The Morgan fingerprint density at radius 3 is 2.32 bits per heavy atom. The Labute approximate surface area is 150 Å². The summed E-state index contributed by atoms with van der Waals surface area (Å²) in [6.45, 7) is 0.0433. The number of hydrogen-bond donors (Lipinski definition) is 1. The normalized spacial score (nSPS) is 10.2. The number of ether oxygens (including phenoxy) is 1. The molecule has 0 radical (unpaired) electrons. The number of esters is 1. The van der Waals surface area contributed by atoms with E-state index in [0.29, 0.717) is 4.88 Å². The molecule has 0 saturated heterocycles. The van der Waals surface area contributed by atoms with E-state index in [1.807, 2.05) is 72.1 Å². The standard InChI is InChI=1S/C20H17NO3S/c22-18(24-14-15-7-3-1-4-8-15)13-21-20(23)19-17(11-12-25-19)16-9-5-2-6-10-16/h1-12H,13-14H2,(H,21,23). The molecule has 1 heterocycles. The van der Waals surface area contributed by atoms with Gasteiger partial charge >= 0.3 is 5.97 Å². The smallest absolute Gasteiger partial charge is 0.325 e. The highest BCUT2D eigenvalue weighted by molar-refractivity contribution is 7.12. The van der Waals surface area contributed by atoms with Gasteiger partial charge < -0.3 is 10.1 Å². The van der Waals surface area contributed by atoms with Crippen LogP contribution in [0.2, 0.25) is 0 Å². The third kappa shape index (κ3) is 4.55. The minimum absolute atomic E-state index is 0.155. The van der Waals surface area contributed by atoms with Gasteiger partial charge in [-0.05, 0) is 22.6 Å². The number of carbonyl (C=O) groups excluding carboxylic acids is 2. The fraction of sp³-hybridized carbons (Fsp3) is 0.100. The molecule has 4 nitrogen and oxygen atoms in total. The Morgan fingerprint density at radius 1 is 0.920 bits per heavy atom. The molecule has 0 aliphatic carbocycles. The van der Waals surface area contributed by atoms with Crippen molar-refractivity contribution in [2.75, 3.05) is 6.54 Å². The summed E-state index contributed by atoms with van der Waals surface area (Å²) in [6.07, 6.45) is 0. The minimum atomic E-state index is -0.463. The first-order valence-corrected chi connectivity index (χ1v) is 8.72. The van der Waals surface area contributed by atoms with Crippen LogP contribution < -0.4 is 5.32 Å². The summed E-state index contributed by atoms with van der Waals surface area (Å²) in [4.78, 5) is 24.8. The molecule has 1 N–H and O–H groups in total. The van der Waals surface area contributed by atoms with Crippen LogP contribution in [0.25, 0.3) is 11.1 Å². The first-order valence-electron chi connectivity index (χ1n) is 7.84. The van der Waals surface area contributed by atoms with E-state index in [1.165, 1.54) is 11.3 Å². The molecule has 126 valence electrons. The molecule has 0 atom stereocenters. The Morgan fingerprint density at radius 2 is 1.60 bits per heavy atom. The molecule has 3 aromatic rings. The van der Waals surface area contributed by atoms with E-state index >= 15 is 0 Å². The van der Waals surface area contributed by atoms with E-state index < -0.39 is 5.97 Å². The van der Waals surface area contributed by atoms with Crippen molar-refractivity contribution in [2.24, 2.45) is 0 Å². The van der Waals surface area contributed by atoms with Crippen molar-refractivity contribution < 1.29 is 14.3 Å². The zero-order chi connectivity index (χ0) is 17.5. The lowest BCUT2D eigenvalue weighted by molar-refractivity contribution is -0.143. The monoisotopic (exact) mass is 351 g/mol. The third-order valence-corrected chi connectivity index (χ3v) is 4.51. The molecule has 1 aromatic heterocycles. The van der Waals surface area contributed by atoms with Crippen molar-refractivity contribution >= 4 is 23.2 Å². The van der Waals surface area contributed by atoms with Crippen LogP contribution in [-0.4, -0.2) is 18.4 Å². The number of carbonyl (C=O) groups is 2. The summed E-state index contributed by atoms with van der Waals surface area (Å²) in [7, 11) is 0. The highest BCUT2D eigenvalue weighted by Crippen LogP contribution is 2.27. The zero-order valence-electron chi connectivity index (χ0n) is 13.5. The van der Waals surface area contributed by atoms with E-state index in [4.69, 9.17) is 4.74 Å². The number of rotatable bonds is 6. The molecular formula is C20H17NO3S. The van der Waals surface area contributed by atoms with Gasteiger partial charge in [-0.15, -0.1) is 11.3 Å². The molecule has 0 aliphatic rings. The molecule has 0 spiro atoms. The lowest BCUT2D eigenvalue weighted by Crippen LogP contribution is -2.30. The van der Waals surface area contributed by atoms with Gasteiger partial charge in [0.1, 0.15) is 13.2 Å². The Bertz CT molecular complexity index is 844. The first kappa shape index (κ1) is 16.9.